The van der Waals surface area contributed by atoms with Gasteiger partial charge in [0.1, 0.15) is 12.4 Å². The van der Waals surface area contributed by atoms with Crippen molar-refractivity contribution in [2.75, 3.05) is 26.0 Å². The first kappa shape index (κ1) is 15.0. The van der Waals surface area contributed by atoms with E-state index in [-0.39, 0.29) is 4.90 Å². The molecule has 0 saturated carbocycles. The molecule has 1 rings (SSSR count). The van der Waals surface area contributed by atoms with Gasteiger partial charge in [0.25, 0.3) is 0 Å². The van der Waals surface area contributed by atoms with Crippen LogP contribution in [0.5, 0.6) is 5.75 Å². The summed E-state index contributed by atoms with van der Waals surface area (Å²) in [6, 6.07) is 6.57. The first-order valence-corrected chi connectivity index (χ1v) is 7.92. The summed E-state index contributed by atoms with van der Waals surface area (Å²) in [6.45, 7) is 6.51. The Morgan fingerprint density at radius 2 is 2.06 bits per heavy atom. The molecule has 0 amide bonds. The molecule has 0 heterocycles. The van der Waals surface area contributed by atoms with Crippen LogP contribution >= 0.6 is 0 Å². The lowest BCUT2D eigenvalue weighted by molar-refractivity contribution is 0.310. The maximum absolute atomic E-state index is 11.4. The fourth-order valence-electron chi connectivity index (χ4n) is 1.43. The van der Waals surface area contributed by atoms with Gasteiger partial charge in [-0.1, -0.05) is 19.9 Å². The molecule has 1 aromatic carbocycles. The molecule has 1 aromatic rings. The molecule has 4 nitrogen and oxygen atoms in total. The van der Waals surface area contributed by atoms with E-state index in [4.69, 9.17) is 4.74 Å². The summed E-state index contributed by atoms with van der Waals surface area (Å²) in [5.74, 6) is 1.20. The lowest BCUT2D eigenvalue weighted by Gasteiger charge is -2.09. The topological polar surface area (TPSA) is 55.4 Å². The zero-order valence-electron chi connectivity index (χ0n) is 11.1. The van der Waals surface area contributed by atoms with Gasteiger partial charge in [-0.15, -0.1) is 0 Å². The first-order chi connectivity index (χ1) is 8.39. The van der Waals surface area contributed by atoms with Crippen LogP contribution in [-0.4, -0.2) is 34.4 Å². The largest absolute Gasteiger partial charge is 0.492 e. The molecular weight excluding hydrogens is 250 g/mol. The lowest BCUT2D eigenvalue weighted by Crippen LogP contribution is -2.24. The number of rotatable bonds is 7. The Morgan fingerprint density at radius 3 is 2.67 bits per heavy atom. The summed E-state index contributed by atoms with van der Waals surface area (Å²) in [5.41, 5.74) is 0. The fourth-order valence-corrected chi connectivity index (χ4v) is 2.08. The third-order valence-corrected chi connectivity index (χ3v) is 3.44. The highest BCUT2D eigenvalue weighted by Crippen LogP contribution is 2.16. The van der Waals surface area contributed by atoms with Crippen molar-refractivity contribution in [2.45, 2.75) is 18.7 Å². The van der Waals surface area contributed by atoms with Crippen LogP contribution < -0.4 is 10.1 Å². The Labute approximate surface area is 109 Å². The number of nitrogens with one attached hydrogen (secondary N) is 1. The fraction of sp³-hybridized carbons (Fsp3) is 0.538. The second-order valence-corrected chi connectivity index (χ2v) is 6.71. The van der Waals surface area contributed by atoms with E-state index in [2.05, 4.69) is 19.2 Å². The number of ether oxygens (including phenoxy) is 1. The van der Waals surface area contributed by atoms with Gasteiger partial charge in [0.05, 0.1) is 4.90 Å². The standard InChI is InChI=1S/C13H21NO3S/c1-11(2)10-14-7-8-17-12-5-4-6-13(9-12)18(3,15)16/h4-6,9,11,14H,7-8,10H2,1-3H3. The van der Waals surface area contributed by atoms with Gasteiger partial charge in [0.15, 0.2) is 9.84 Å². The third-order valence-electron chi connectivity index (χ3n) is 2.33. The van der Waals surface area contributed by atoms with Gasteiger partial charge in [-0.05, 0) is 30.7 Å². The molecule has 0 radical (unpaired) electrons. The average molecular weight is 271 g/mol. The molecule has 0 unspecified atom stereocenters. The van der Waals surface area contributed by atoms with Gasteiger partial charge >= 0.3 is 0 Å². The van der Waals surface area contributed by atoms with Crippen LogP contribution in [0.15, 0.2) is 29.2 Å². The number of sulfone groups is 1. The van der Waals surface area contributed by atoms with Crippen LogP contribution in [0.2, 0.25) is 0 Å². The van der Waals surface area contributed by atoms with Crippen LogP contribution in [0, 0.1) is 5.92 Å². The Kier molecular flexibility index (Phi) is 5.62. The van der Waals surface area contributed by atoms with E-state index < -0.39 is 9.84 Å². The average Bonchev–Trinajstić information content (AvgIpc) is 2.27. The second-order valence-electron chi connectivity index (χ2n) is 4.69. The monoisotopic (exact) mass is 271 g/mol. The molecule has 0 aliphatic heterocycles. The van der Waals surface area contributed by atoms with E-state index in [9.17, 15) is 8.42 Å². The van der Waals surface area contributed by atoms with Crippen molar-refractivity contribution in [3.63, 3.8) is 0 Å². The van der Waals surface area contributed by atoms with Crippen molar-refractivity contribution in [1.82, 2.24) is 5.32 Å². The van der Waals surface area contributed by atoms with Crippen molar-refractivity contribution >= 4 is 9.84 Å². The number of hydrogen-bond acceptors (Lipinski definition) is 4. The van der Waals surface area contributed by atoms with Crippen LogP contribution in [0.1, 0.15) is 13.8 Å². The second kappa shape index (κ2) is 6.75. The van der Waals surface area contributed by atoms with E-state index >= 15 is 0 Å². The van der Waals surface area contributed by atoms with Crippen molar-refractivity contribution in [3.8, 4) is 5.75 Å². The number of benzene rings is 1. The zero-order valence-corrected chi connectivity index (χ0v) is 12.0. The van der Waals surface area contributed by atoms with Crippen molar-refractivity contribution in [3.05, 3.63) is 24.3 Å². The maximum Gasteiger partial charge on any atom is 0.175 e. The SMILES string of the molecule is CC(C)CNCCOc1cccc(S(C)(=O)=O)c1. The Hall–Kier alpha value is -1.07. The molecule has 0 saturated heterocycles. The summed E-state index contributed by atoms with van der Waals surface area (Å²) in [7, 11) is -3.17. The molecule has 0 aliphatic carbocycles. The minimum Gasteiger partial charge on any atom is -0.492 e. The van der Waals surface area contributed by atoms with Gasteiger partial charge in [-0.3, -0.25) is 0 Å². The van der Waals surface area contributed by atoms with Gasteiger partial charge in [0, 0.05) is 12.8 Å². The van der Waals surface area contributed by atoms with E-state index in [1.54, 1.807) is 24.3 Å². The zero-order chi connectivity index (χ0) is 13.6. The van der Waals surface area contributed by atoms with Crippen molar-refractivity contribution in [2.24, 2.45) is 5.92 Å². The summed E-state index contributed by atoms with van der Waals surface area (Å²) in [6.07, 6.45) is 1.19. The van der Waals surface area contributed by atoms with Crippen molar-refractivity contribution < 1.29 is 13.2 Å². The summed E-state index contributed by atoms with van der Waals surface area (Å²) in [4.78, 5) is 0.287. The molecular formula is C13H21NO3S. The van der Waals surface area contributed by atoms with E-state index in [1.165, 1.54) is 6.26 Å². The molecule has 102 valence electrons. The summed E-state index contributed by atoms with van der Waals surface area (Å²) >= 11 is 0. The summed E-state index contributed by atoms with van der Waals surface area (Å²) in [5, 5.41) is 3.26. The predicted octanol–water partition coefficient (Wildman–Crippen LogP) is 1.71. The van der Waals surface area contributed by atoms with Gasteiger partial charge in [-0.25, -0.2) is 8.42 Å². The maximum atomic E-state index is 11.4. The molecule has 0 bridgehead atoms. The van der Waals surface area contributed by atoms with Crippen molar-refractivity contribution in [1.29, 1.82) is 0 Å². The van der Waals surface area contributed by atoms with E-state index in [1.807, 2.05) is 0 Å². The molecule has 5 heteroatoms. The molecule has 0 fully saturated rings. The van der Waals surface area contributed by atoms with Gasteiger partial charge in [0.2, 0.25) is 0 Å². The molecule has 0 aliphatic rings. The lowest BCUT2D eigenvalue weighted by atomic mass is 10.2. The highest BCUT2D eigenvalue weighted by atomic mass is 32.2. The highest BCUT2D eigenvalue weighted by molar-refractivity contribution is 7.90. The Morgan fingerprint density at radius 1 is 1.33 bits per heavy atom. The Bertz CT molecular complexity index is 469. The molecule has 1 N–H and O–H groups in total. The van der Waals surface area contributed by atoms with Gasteiger partial charge in [-0.2, -0.15) is 0 Å². The predicted molar refractivity (Wildman–Crippen MR) is 72.8 cm³/mol. The third kappa shape index (κ3) is 5.51. The molecule has 0 aromatic heterocycles. The van der Waals surface area contributed by atoms with Crippen LogP contribution in [-0.2, 0) is 9.84 Å². The minimum absolute atomic E-state index is 0.287. The van der Waals surface area contributed by atoms with E-state index in [0.717, 1.165) is 13.1 Å². The summed E-state index contributed by atoms with van der Waals surface area (Å²) < 4.78 is 28.2. The Balaban J connectivity index is 2.44. The first-order valence-electron chi connectivity index (χ1n) is 6.03. The molecule has 18 heavy (non-hydrogen) atoms. The highest BCUT2D eigenvalue weighted by Gasteiger charge is 2.07. The number of hydrogen-bond donors (Lipinski definition) is 1. The van der Waals surface area contributed by atoms with Gasteiger partial charge < -0.3 is 10.1 Å². The molecule has 0 spiro atoms. The minimum atomic E-state index is -3.17. The van der Waals surface area contributed by atoms with E-state index in [0.29, 0.717) is 18.3 Å². The smallest absolute Gasteiger partial charge is 0.175 e. The molecule has 0 atom stereocenters. The van der Waals surface area contributed by atoms with Crippen LogP contribution in [0.25, 0.3) is 0 Å². The quantitative estimate of drug-likeness (QED) is 0.767. The van der Waals surface area contributed by atoms with Crippen LogP contribution in [0.3, 0.4) is 0 Å². The normalized spacial score (nSPS) is 11.8. The van der Waals surface area contributed by atoms with Crippen LogP contribution in [0.4, 0.5) is 0 Å².